The normalized spacial score (nSPS) is 12.9. The lowest BCUT2D eigenvalue weighted by Crippen LogP contribution is -2.07. The smallest absolute Gasteiger partial charge is 0.337 e. The molecule has 1 aromatic carbocycles. The minimum absolute atomic E-state index is 0.364. The number of aryl methyl sites for hydroxylation is 1. The minimum Gasteiger partial charge on any atom is -0.491 e. The average Bonchev–Trinajstić information content (AvgIpc) is 2.64. The molecule has 0 N–H and O–H groups in total. The molecule has 2 aromatic rings. The van der Waals surface area contributed by atoms with Crippen LogP contribution in [0.2, 0.25) is 0 Å². The van der Waals surface area contributed by atoms with Gasteiger partial charge in [0.1, 0.15) is 18.2 Å². The number of hydrogen-bond acceptors (Lipinski definition) is 4. The van der Waals surface area contributed by atoms with Crippen molar-refractivity contribution in [3.05, 3.63) is 35.2 Å². The fraction of sp³-hybridized carbons (Fsp3) is 0.333. The van der Waals surface area contributed by atoms with Gasteiger partial charge in [0, 0.05) is 5.69 Å². The lowest BCUT2D eigenvalue weighted by Gasteiger charge is -2.08. The van der Waals surface area contributed by atoms with E-state index in [-0.39, 0.29) is 5.97 Å². The number of aromatic nitrogens is 2. The highest BCUT2D eigenvalue weighted by molar-refractivity contribution is 5.91. The van der Waals surface area contributed by atoms with E-state index in [0.717, 1.165) is 29.3 Å². The van der Waals surface area contributed by atoms with E-state index >= 15 is 0 Å². The summed E-state index contributed by atoms with van der Waals surface area (Å²) in [4.78, 5) is 16.2. The Balaban J connectivity index is 2.15. The summed E-state index contributed by atoms with van der Waals surface area (Å²) in [5.41, 5.74) is 3.56. The molecule has 0 saturated heterocycles. The Hall–Kier alpha value is -2.30. The number of imidazole rings is 1. The zero-order chi connectivity index (χ0) is 14.3. The van der Waals surface area contributed by atoms with Crippen molar-refractivity contribution in [1.82, 2.24) is 9.55 Å². The second-order valence-electron chi connectivity index (χ2n) is 4.81. The third-order valence-electron chi connectivity index (χ3n) is 3.67. The van der Waals surface area contributed by atoms with Crippen LogP contribution in [0.25, 0.3) is 11.4 Å². The molecule has 3 rings (SSSR count). The van der Waals surface area contributed by atoms with E-state index in [1.54, 1.807) is 12.1 Å². The number of benzene rings is 1. The number of hydrogen-bond donors (Lipinski definition) is 0. The molecule has 1 aromatic heterocycles. The van der Waals surface area contributed by atoms with Crippen molar-refractivity contribution in [2.24, 2.45) is 0 Å². The number of carbonyl (C=O) groups is 1. The highest BCUT2D eigenvalue weighted by atomic mass is 16.5. The van der Waals surface area contributed by atoms with Crippen molar-refractivity contribution in [2.75, 3.05) is 13.7 Å². The summed E-state index contributed by atoms with van der Waals surface area (Å²) >= 11 is 0. The third kappa shape index (κ3) is 1.86. The SMILES string of the molecule is COC(=O)c1ccc2c(c1)OCCn1c-2nc(C)c1C. The van der Waals surface area contributed by atoms with Crippen molar-refractivity contribution in [2.45, 2.75) is 20.4 Å². The van der Waals surface area contributed by atoms with Crippen molar-refractivity contribution in [3.63, 3.8) is 0 Å². The van der Waals surface area contributed by atoms with Gasteiger partial charge in [-0.15, -0.1) is 0 Å². The van der Waals surface area contributed by atoms with Crippen molar-refractivity contribution in [3.8, 4) is 17.1 Å². The minimum atomic E-state index is -0.364. The zero-order valence-electron chi connectivity index (χ0n) is 11.8. The second kappa shape index (κ2) is 4.67. The molecule has 0 saturated carbocycles. The first kappa shape index (κ1) is 12.7. The van der Waals surface area contributed by atoms with Crippen LogP contribution in [0.3, 0.4) is 0 Å². The molecule has 0 radical (unpaired) electrons. The van der Waals surface area contributed by atoms with Crippen molar-refractivity contribution in [1.29, 1.82) is 0 Å². The Labute approximate surface area is 117 Å². The molecule has 1 aliphatic heterocycles. The van der Waals surface area contributed by atoms with Crippen molar-refractivity contribution >= 4 is 5.97 Å². The highest BCUT2D eigenvalue weighted by Crippen LogP contribution is 2.34. The first-order valence-corrected chi connectivity index (χ1v) is 6.51. The first-order chi connectivity index (χ1) is 9.61. The number of carbonyl (C=O) groups excluding carboxylic acids is 1. The van der Waals surface area contributed by atoms with Gasteiger partial charge in [0.2, 0.25) is 0 Å². The summed E-state index contributed by atoms with van der Waals surface area (Å²) in [6.07, 6.45) is 0. The largest absolute Gasteiger partial charge is 0.491 e. The van der Waals surface area contributed by atoms with Gasteiger partial charge in [0.25, 0.3) is 0 Å². The zero-order valence-corrected chi connectivity index (χ0v) is 11.8. The highest BCUT2D eigenvalue weighted by Gasteiger charge is 2.21. The number of methoxy groups -OCH3 is 1. The summed E-state index contributed by atoms with van der Waals surface area (Å²) in [6.45, 7) is 5.37. The Kier molecular flexibility index (Phi) is 2.97. The van der Waals surface area contributed by atoms with Gasteiger partial charge in [-0.25, -0.2) is 9.78 Å². The van der Waals surface area contributed by atoms with Gasteiger partial charge in [-0.1, -0.05) is 0 Å². The fourth-order valence-electron chi connectivity index (χ4n) is 2.45. The van der Waals surface area contributed by atoms with E-state index < -0.39 is 0 Å². The van der Waals surface area contributed by atoms with Crippen LogP contribution in [0.5, 0.6) is 5.75 Å². The molecule has 20 heavy (non-hydrogen) atoms. The van der Waals surface area contributed by atoms with E-state index in [9.17, 15) is 4.79 Å². The van der Waals surface area contributed by atoms with E-state index in [1.165, 1.54) is 7.11 Å². The van der Waals surface area contributed by atoms with Crippen LogP contribution in [-0.4, -0.2) is 29.2 Å². The average molecular weight is 272 g/mol. The molecule has 5 nitrogen and oxygen atoms in total. The Bertz CT molecular complexity index is 689. The molecule has 0 unspecified atom stereocenters. The molecular formula is C15H16N2O3. The van der Waals surface area contributed by atoms with E-state index in [0.29, 0.717) is 17.9 Å². The Morgan fingerprint density at radius 3 is 2.95 bits per heavy atom. The summed E-state index contributed by atoms with van der Waals surface area (Å²) < 4.78 is 12.6. The monoisotopic (exact) mass is 272 g/mol. The Morgan fingerprint density at radius 2 is 2.20 bits per heavy atom. The van der Waals surface area contributed by atoms with Crippen LogP contribution in [-0.2, 0) is 11.3 Å². The molecule has 0 fully saturated rings. The lowest BCUT2D eigenvalue weighted by atomic mass is 10.1. The van der Waals surface area contributed by atoms with Gasteiger partial charge >= 0.3 is 5.97 Å². The van der Waals surface area contributed by atoms with E-state index in [2.05, 4.69) is 16.5 Å². The predicted octanol–water partition coefficient (Wildman–Crippen LogP) is 2.35. The van der Waals surface area contributed by atoms with Crippen LogP contribution in [0, 0.1) is 13.8 Å². The van der Waals surface area contributed by atoms with Gasteiger partial charge in [-0.3, -0.25) is 0 Å². The lowest BCUT2D eigenvalue weighted by molar-refractivity contribution is 0.0600. The van der Waals surface area contributed by atoms with Crippen LogP contribution in [0.4, 0.5) is 0 Å². The quantitative estimate of drug-likeness (QED) is 0.748. The maximum atomic E-state index is 11.6. The van der Waals surface area contributed by atoms with E-state index in [1.807, 2.05) is 13.0 Å². The fourth-order valence-corrected chi connectivity index (χ4v) is 2.45. The molecular weight excluding hydrogens is 256 g/mol. The molecule has 0 spiro atoms. The van der Waals surface area contributed by atoms with E-state index in [4.69, 9.17) is 9.47 Å². The summed E-state index contributed by atoms with van der Waals surface area (Å²) in [7, 11) is 1.37. The van der Waals surface area contributed by atoms with Crippen LogP contribution in [0.1, 0.15) is 21.7 Å². The van der Waals surface area contributed by atoms with Gasteiger partial charge < -0.3 is 14.0 Å². The third-order valence-corrected chi connectivity index (χ3v) is 3.67. The molecule has 0 amide bonds. The number of nitrogens with zero attached hydrogens (tertiary/aromatic N) is 2. The number of esters is 1. The van der Waals surface area contributed by atoms with Gasteiger partial charge in [0.15, 0.2) is 0 Å². The van der Waals surface area contributed by atoms with Crippen LogP contribution < -0.4 is 4.74 Å². The molecule has 104 valence electrons. The van der Waals surface area contributed by atoms with Crippen molar-refractivity contribution < 1.29 is 14.3 Å². The van der Waals surface area contributed by atoms with Gasteiger partial charge in [-0.05, 0) is 32.0 Å². The summed E-state index contributed by atoms with van der Waals surface area (Å²) in [6, 6.07) is 5.32. The summed E-state index contributed by atoms with van der Waals surface area (Å²) in [5, 5.41) is 0. The second-order valence-corrected chi connectivity index (χ2v) is 4.81. The maximum absolute atomic E-state index is 11.6. The molecule has 1 aliphatic rings. The number of rotatable bonds is 1. The molecule has 0 aliphatic carbocycles. The number of fused-ring (bicyclic) bond motifs is 3. The first-order valence-electron chi connectivity index (χ1n) is 6.51. The molecule has 2 heterocycles. The number of ether oxygens (including phenoxy) is 2. The maximum Gasteiger partial charge on any atom is 0.337 e. The predicted molar refractivity (Wildman–Crippen MR) is 74.0 cm³/mol. The molecule has 5 heteroatoms. The molecule has 0 atom stereocenters. The standard InChI is InChI=1S/C15H16N2O3/c1-9-10(2)17-6-7-20-13-8-11(15(18)19-3)4-5-12(13)14(17)16-9/h4-5,8H,6-7H2,1-3H3. The van der Waals surface area contributed by atoms with Gasteiger partial charge in [0.05, 0.1) is 30.5 Å². The molecule has 0 bridgehead atoms. The van der Waals surface area contributed by atoms with Gasteiger partial charge in [-0.2, -0.15) is 0 Å². The Morgan fingerprint density at radius 1 is 1.40 bits per heavy atom. The van der Waals surface area contributed by atoms with Crippen LogP contribution in [0.15, 0.2) is 18.2 Å². The topological polar surface area (TPSA) is 53.4 Å². The van der Waals surface area contributed by atoms with Crippen LogP contribution >= 0.6 is 0 Å². The summed E-state index contributed by atoms with van der Waals surface area (Å²) in [5.74, 6) is 1.21.